The van der Waals surface area contributed by atoms with Gasteiger partial charge in [-0.1, -0.05) is 45.9 Å². The number of ether oxygens (including phenoxy) is 1. The van der Waals surface area contributed by atoms with Crippen molar-refractivity contribution >= 4 is 13.7 Å². The zero-order valence-corrected chi connectivity index (χ0v) is 17.7. The summed E-state index contributed by atoms with van der Waals surface area (Å²) < 4.78 is 29.7. The molecular weight excluding hydrogens is 353 g/mol. The second kappa shape index (κ2) is 9.54. The van der Waals surface area contributed by atoms with Crippen LogP contribution in [0, 0.1) is 11.3 Å². The van der Waals surface area contributed by atoms with E-state index in [0.29, 0.717) is 5.75 Å². The van der Waals surface area contributed by atoms with Crippen LogP contribution in [0.4, 0.5) is 0 Å². The fourth-order valence-corrected chi connectivity index (χ4v) is 3.37. The minimum atomic E-state index is -3.77. The summed E-state index contributed by atoms with van der Waals surface area (Å²) in [6.45, 7) is 13.6. The van der Waals surface area contributed by atoms with E-state index in [0.717, 1.165) is 0 Å². The molecular formula is C19H32NO5P. The number of carbonyl (C=O) groups excluding carboxylic acids is 1. The summed E-state index contributed by atoms with van der Waals surface area (Å²) in [4.78, 5) is 12.1. The minimum Gasteiger partial charge on any atom is -0.462 e. The summed E-state index contributed by atoms with van der Waals surface area (Å²) in [5.74, 6) is 0.0236. The molecule has 0 aliphatic heterocycles. The molecule has 7 heteroatoms. The number of hydrogen-bond donors (Lipinski definition) is 1. The smallest absolute Gasteiger partial charge is 0.459 e. The molecule has 0 unspecified atom stereocenters. The second-order valence-electron chi connectivity index (χ2n) is 7.80. The Labute approximate surface area is 157 Å². The molecule has 0 radical (unpaired) electrons. The summed E-state index contributed by atoms with van der Waals surface area (Å²) in [6.07, 6.45) is -0.261. The third-order valence-corrected chi connectivity index (χ3v) is 5.64. The molecule has 0 spiro atoms. The van der Waals surface area contributed by atoms with Crippen molar-refractivity contribution in [2.24, 2.45) is 11.3 Å². The van der Waals surface area contributed by atoms with Crippen LogP contribution in [0.2, 0.25) is 0 Å². The summed E-state index contributed by atoms with van der Waals surface area (Å²) in [5, 5.41) is 2.69. The zero-order valence-electron chi connectivity index (χ0n) is 16.8. The molecule has 0 aliphatic rings. The molecule has 0 bridgehead atoms. The summed E-state index contributed by atoms with van der Waals surface area (Å²) in [5.41, 5.74) is -0.0141. The van der Waals surface area contributed by atoms with Crippen LogP contribution < -0.4 is 9.61 Å². The average molecular weight is 385 g/mol. The zero-order chi connectivity index (χ0) is 20.0. The van der Waals surface area contributed by atoms with Gasteiger partial charge in [0.05, 0.1) is 12.7 Å². The Kier molecular flexibility index (Phi) is 8.32. The van der Waals surface area contributed by atoms with Gasteiger partial charge in [0, 0.05) is 0 Å². The molecule has 26 heavy (non-hydrogen) atoms. The first-order chi connectivity index (χ1) is 11.9. The maximum atomic E-state index is 13.3. The first kappa shape index (κ1) is 22.7. The van der Waals surface area contributed by atoms with Crippen molar-refractivity contribution in [3.63, 3.8) is 0 Å². The molecule has 1 N–H and O–H groups in total. The topological polar surface area (TPSA) is 73.9 Å². The van der Waals surface area contributed by atoms with Gasteiger partial charge in [-0.2, -0.15) is 5.09 Å². The normalized spacial score (nSPS) is 16.6. The van der Waals surface area contributed by atoms with Gasteiger partial charge in [0.2, 0.25) is 0 Å². The maximum Gasteiger partial charge on any atom is 0.459 e. The number of benzene rings is 1. The Morgan fingerprint density at radius 1 is 1.12 bits per heavy atom. The molecule has 1 aromatic rings. The van der Waals surface area contributed by atoms with Crippen molar-refractivity contribution in [2.75, 3.05) is 6.61 Å². The van der Waals surface area contributed by atoms with Crippen LogP contribution >= 0.6 is 7.75 Å². The molecule has 0 fully saturated rings. The van der Waals surface area contributed by atoms with Gasteiger partial charge in [-0.15, -0.1) is 0 Å². The van der Waals surface area contributed by atoms with Gasteiger partial charge in [0.1, 0.15) is 11.8 Å². The quantitative estimate of drug-likeness (QED) is 0.486. The molecule has 3 atom stereocenters. The van der Waals surface area contributed by atoms with Gasteiger partial charge in [0.15, 0.2) is 0 Å². The summed E-state index contributed by atoms with van der Waals surface area (Å²) in [6, 6.07) is 7.90. The molecule has 0 aromatic heterocycles. The lowest BCUT2D eigenvalue weighted by Crippen LogP contribution is -2.36. The number of para-hydroxylation sites is 1. The van der Waals surface area contributed by atoms with Crippen molar-refractivity contribution in [2.45, 2.75) is 60.6 Å². The van der Waals surface area contributed by atoms with E-state index in [1.54, 1.807) is 45.0 Å². The van der Waals surface area contributed by atoms with Crippen molar-refractivity contribution in [1.82, 2.24) is 5.09 Å². The van der Waals surface area contributed by atoms with Crippen LogP contribution in [-0.4, -0.2) is 24.7 Å². The Morgan fingerprint density at radius 2 is 1.69 bits per heavy atom. The van der Waals surface area contributed by atoms with Crippen LogP contribution in [0.5, 0.6) is 5.75 Å². The van der Waals surface area contributed by atoms with E-state index >= 15 is 0 Å². The number of rotatable bonds is 9. The van der Waals surface area contributed by atoms with Gasteiger partial charge >= 0.3 is 13.7 Å². The lowest BCUT2D eigenvalue weighted by Gasteiger charge is -2.29. The molecule has 1 rings (SSSR count). The highest BCUT2D eigenvalue weighted by Gasteiger charge is 2.34. The number of nitrogens with one attached hydrogen (secondary N) is 1. The molecule has 0 saturated carbocycles. The van der Waals surface area contributed by atoms with E-state index in [4.69, 9.17) is 13.8 Å². The van der Waals surface area contributed by atoms with Crippen molar-refractivity contribution in [3.8, 4) is 5.75 Å². The molecule has 148 valence electrons. The van der Waals surface area contributed by atoms with E-state index in [2.05, 4.69) is 25.9 Å². The fraction of sp³-hybridized carbons (Fsp3) is 0.632. The van der Waals surface area contributed by atoms with E-state index in [9.17, 15) is 9.36 Å². The van der Waals surface area contributed by atoms with Gasteiger partial charge in [-0.25, -0.2) is 4.57 Å². The molecule has 6 nitrogen and oxygen atoms in total. The first-order valence-electron chi connectivity index (χ1n) is 8.90. The maximum absolute atomic E-state index is 13.3. The highest BCUT2D eigenvalue weighted by molar-refractivity contribution is 7.52. The molecule has 0 saturated heterocycles. The molecule has 1 aromatic carbocycles. The van der Waals surface area contributed by atoms with E-state index < -0.39 is 19.8 Å². The Hall–Kier alpha value is -1.36. The average Bonchev–Trinajstić information content (AvgIpc) is 2.51. The highest BCUT2D eigenvalue weighted by Crippen LogP contribution is 2.46. The first-order valence-corrected chi connectivity index (χ1v) is 10.4. The number of carbonyl (C=O) groups is 1. The lowest BCUT2D eigenvalue weighted by molar-refractivity contribution is -0.149. The van der Waals surface area contributed by atoms with Crippen LogP contribution in [0.15, 0.2) is 30.3 Å². The van der Waals surface area contributed by atoms with E-state index in [-0.39, 0.29) is 24.0 Å². The second-order valence-corrected chi connectivity index (χ2v) is 9.49. The van der Waals surface area contributed by atoms with E-state index in [1.165, 1.54) is 0 Å². The van der Waals surface area contributed by atoms with Crippen molar-refractivity contribution < 1.29 is 23.1 Å². The van der Waals surface area contributed by atoms with Gasteiger partial charge < -0.3 is 9.26 Å². The predicted molar refractivity (Wildman–Crippen MR) is 103 cm³/mol. The van der Waals surface area contributed by atoms with Crippen LogP contribution in [0.25, 0.3) is 0 Å². The van der Waals surface area contributed by atoms with Crippen LogP contribution in [0.3, 0.4) is 0 Å². The largest absolute Gasteiger partial charge is 0.462 e. The van der Waals surface area contributed by atoms with Gasteiger partial charge in [-0.05, 0) is 44.2 Å². The van der Waals surface area contributed by atoms with Gasteiger partial charge in [0.25, 0.3) is 0 Å². The molecule has 0 heterocycles. The van der Waals surface area contributed by atoms with Gasteiger partial charge in [-0.3, -0.25) is 9.32 Å². The number of hydrogen-bond acceptors (Lipinski definition) is 5. The van der Waals surface area contributed by atoms with Crippen LogP contribution in [-0.2, 0) is 18.6 Å². The third-order valence-electron chi connectivity index (χ3n) is 4.00. The summed E-state index contributed by atoms with van der Waals surface area (Å²) in [7, 11) is -3.77. The monoisotopic (exact) mass is 385 g/mol. The predicted octanol–water partition coefficient (Wildman–Crippen LogP) is 4.80. The standard InChI is InChI=1S/C19H32NO5P/c1-14(2)24-18(21)16(4)20-26(22,23-13-15(3)19(5,6)7)25-17-11-9-8-10-12-17/h8-12,14-16H,13H2,1-7H3,(H,20,22)/t15-,16+,26-/m1/s1. The van der Waals surface area contributed by atoms with E-state index in [1.807, 2.05) is 13.0 Å². The third kappa shape index (κ3) is 7.90. The molecule has 0 amide bonds. The SMILES string of the molecule is CC(C)OC(=O)[C@H](C)N[P@@](=O)(OC[C@@H](C)C(C)(C)C)Oc1ccccc1. The Balaban J connectivity index is 2.90. The highest BCUT2D eigenvalue weighted by atomic mass is 31.2. The van der Waals surface area contributed by atoms with Crippen molar-refractivity contribution in [3.05, 3.63) is 30.3 Å². The summed E-state index contributed by atoms with van der Waals surface area (Å²) >= 11 is 0. The molecule has 0 aliphatic carbocycles. The fourth-order valence-electron chi connectivity index (χ4n) is 1.79. The minimum absolute atomic E-state index is 0.0141. The van der Waals surface area contributed by atoms with Crippen molar-refractivity contribution in [1.29, 1.82) is 0 Å². The number of esters is 1. The Bertz CT molecular complexity index is 612. The van der Waals surface area contributed by atoms with Crippen LogP contribution in [0.1, 0.15) is 48.5 Å². The lowest BCUT2D eigenvalue weighted by atomic mass is 9.83. The Morgan fingerprint density at radius 3 is 2.19 bits per heavy atom.